The Balaban J connectivity index is 2.21. The zero-order valence-electron chi connectivity index (χ0n) is 12.3. The minimum Gasteiger partial charge on any atom is -0.332 e. The van der Waals surface area contributed by atoms with Crippen molar-refractivity contribution in [3.05, 3.63) is 59.7 Å². The summed E-state index contributed by atoms with van der Waals surface area (Å²) in [5.74, 6) is -0.252. The lowest BCUT2D eigenvalue weighted by molar-refractivity contribution is -0.139. The summed E-state index contributed by atoms with van der Waals surface area (Å²) >= 11 is 0. The van der Waals surface area contributed by atoms with Gasteiger partial charge in [-0.2, -0.15) is 13.2 Å². The van der Waals surface area contributed by atoms with Gasteiger partial charge in [0.2, 0.25) is 5.91 Å². The van der Waals surface area contributed by atoms with Crippen LogP contribution in [-0.2, 0) is 17.5 Å². The van der Waals surface area contributed by atoms with Crippen molar-refractivity contribution in [1.82, 2.24) is 4.90 Å². The number of allylic oxidation sites excluding steroid dienone is 3. The first kappa shape index (κ1) is 16.3. The second-order valence-electron chi connectivity index (χ2n) is 5.24. The van der Waals surface area contributed by atoms with Gasteiger partial charge in [-0.1, -0.05) is 36.4 Å². The van der Waals surface area contributed by atoms with Crippen molar-refractivity contribution in [1.29, 1.82) is 0 Å². The van der Waals surface area contributed by atoms with E-state index in [0.29, 0.717) is 0 Å². The third kappa shape index (κ3) is 4.23. The van der Waals surface area contributed by atoms with Gasteiger partial charge in [-0.05, 0) is 31.4 Å². The molecule has 1 aliphatic rings. The zero-order valence-corrected chi connectivity index (χ0v) is 12.3. The summed E-state index contributed by atoms with van der Waals surface area (Å²) < 4.78 is 39.1. The molecule has 1 saturated carbocycles. The highest BCUT2D eigenvalue weighted by molar-refractivity contribution is 5.88. The summed E-state index contributed by atoms with van der Waals surface area (Å²) in [5, 5.41) is 0. The molecule has 118 valence electrons. The minimum absolute atomic E-state index is 0.0145. The monoisotopic (exact) mass is 309 g/mol. The normalized spacial score (nSPS) is 15.6. The Kier molecular flexibility index (Phi) is 5.06. The van der Waals surface area contributed by atoms with Gasteiger partial charge < -0.3 is 4.90 Å². The summed E-state index contributed by atoms with van der Waals surface area (Å²) in [6.07, 6.45) is 3.78. The van der Waals surface area contributed by atoms with Gasteiger partial charge in [-0.25, -0.2) is 0 Å². The maximum absolute atomic E-state index is 13.0. The molecule has 0 aliphatic heterocycles. The van der Waals surface area contributed by atoms with E-state index in [2.05, 4.69) is 0 Å². The standard InChI is InChI=1S/C17H18F3NO/c1-2-3-4-9-16(22)21(14-10-11-14)12-13-7-5-6-8-15(13)17(18,19)20/h2-9,14H,10-12H2,1H3/b3-2+,9-4+. The van der Waals surface area contributed by atoms with Crippen LogP contribution < -0.4 is 0 Å². The second-order valence-corrected chi connectivity index (χ2v) is 5.24. The Morgan fingerprint density at radius 3 is 2.55 bits per heavy atom. The number of benzene rings is 1. The number of amides is 1. The molecule has 1 aromatic carbocycles. The molecule has 0 heterocycles. The van der Waals surface area contributed by atoms with E-state index in [-0.39, 0.29) is 24.1 Å². The van der Waals surface area contributed by atoms with Crippen LogP contribution in [0.2, 0.25) is 0 Å². The predicted molar refractivity (Wildman–Crippen MR) is 79.0 cm³/mol. The molecular weight excluding hydrogens is 291 g/mol. The quantitative estimate of drug-likeness (QED) is 0.585. The maximum Gasteiger partial charge on any atom is 0.416 e. The highest BCUT2D eigenvalue weighted by atomic mass is 19.4. The van der Waals surface area contributed by atoms with E-state index in [4.69, 9.17) is 0 Å². The van der Waals surface area contributed by atoms with Crippen LogP contribution in [0.5, 0.6) is 0 Å². The number of nitrogens with zero attached hydrogens (tertiary/aromatic N) is 1. The van der Waals surface area contributed by atoms with Crippen LogP contribution >= 0.6 is 0 Å². The third-order valence-corrected chi connectivity index (χ3v) is 3.48. The lowest BCUT2D eigenvalue weighted by atomic mass is 10.1. The van der Waals surface area contributed by atoms with Crippen LogP contribution in [0.15, 0.2) is 48.6 Å². The lowest BCUT2D eigenvalue weighted by Gasteiger charge is -2.23. The Labute approximate surface area is 127 Å². The van der Waals surface area contributed by atoms with E-state index >= 15 is 0 Å². The molecule has 2 rings (SSSR count). The van der Waals surface area contributed by atoms with E-state index in [1.807, 2.05) is 6.92 Å². The van der Waals surface area contributed by atoms with Crippen molar-refractivity contribution >= 4 is 5.91 Å². The molecule has 2 nitrogen and oxygen atoms in total. The third-order valence-electron chi connectivity index (χ3n) is 3.48. The summed E-state index contributed by atoms with van der Waals surface area (Å²) in [6, 6.07) is 5.46. The number of carbonyl (C=O) groups is 1. The van der Waals surface area contributed by atoms with Crippen molar-refractivity contribution in [2.24, 2.45) is 0 Å². The first-order valence-corrected chi connectivity index (χ1v) is 7.18. The van der Waals surface area contributed by atoms with Crippen LogP contribution in [0.25, 0.3) is 0 Å². The molecule has 1 fully saturated rings. The van der Waals surface area contributed by atoms with Gasteiger partial charge in [0.05, 0.1) is 5.56 Å². The molecule has 0 spiro atoms. The van der Waals surface area contributed by atoms with Gasteiger partial charge in [0.1, 0.15) is 0 Å². The van der Waals surface area contributed by atoms with E-state index in [9.17, 15) is 18.0 Å². The molecule has 0 N–H and O–H groups in total. The summed E-state index contributed by atoms with van der Waals surface area (Å²) in [6.45, 7) is 1.81. The average Bonchev–Trinajstić information content (AvgIpc) is 3.28. The van der Waals surface area contributed by atoms with Crippen molar-refractivity contribution < 1.29 is 18.0 Å². The van der Waals surface area contributed by atoms with Crippen LogP contribution in [0.3, 0.4) is 0 Å². The number of hydrogen-bond donors (Lipinski definition) is 0. The SMILES string of the molecule is C/C=C/C=C/C(=O)N(Cc1ccccc1C(F)(F)F)C1CC1. The molecule has 22 heavy (non-hydrogen) atoms. The molecule has 5 heteroatoms. The van der Waals surface area contributed by atoms with Gasteiger partial charge in [-0.3, -0.25) is 4.79 Å². The van der Waals surface area contributed by atoms with Crippen molar-refractivity contribution in [2.75, 3.05) is 0 Å². The number of hydrogen-bond acceptors (Lipinski definition) is 1. The minimum atomic E-state index is -4.41. The van der Waals surface area contributed by atoms with Crippen molar-refractivity contribution in [3.63, 3.8) is 0 Å². The summed E-state index contributed by atoms with van der Waals surface area (Å²) in [5.41, 5.74) is -0.541. The van der Waals surface area contributed by atoms with Crippen LogP contribution in [0.1, 0.15) is 30.9 Å². The van der Waals surface area contributed by atoms with Gasteiger partial charge in [0.25, 0.3) is 0 Å². The molecule has 0 atom stereocenters. The zero-order chi connectivity index (χ0) is 16.2. The van der Waals surface area contributed by atoms with Gasteiger partial charge in [-0.15, -0.1) is 0 Å². The smallest absolute Gasteiger partial charge is 0.332 e. The Bertz CT molecular complexity index is 586. The van der Waals surface area contributed by atoms with Crippen LogP contribution in [-0.4, -0.2) is 16.8 Å². The first-order valence-electron chi connectivity index (χ1n) is 7.18. The van der Waals surface area contributed by atoms with Crippen molar-refractivity contribution in [3.8, 4) is 0 Å². The van der Waals surface area contributed by atoms with Gasteiger partial charge in [0.15, 0.2) is 0 Å². The molecule has 0 radical (unpaired) electrons. The molecule has 0 bridgehead atoms. The summed E-state index contributed by atoms with van der Waals surface area (Å²) in [7, 11) is 0. The van der Waals surface area contributed by atoms with Crippen LogP contribution in [0.4, 0.5) is 13.2 Å². The summed E-state index contributed by atoms with van der Waals surface area (Å²) in [4.78, 5) is 13.7. The number of halogens is 3. The van der Waals surface area contributed by atoms with E-state index in [0.717, 1.165) is 18.9 Å². The van der Waals surface area contributed by atoms with Gasteiger partial charge >= 0.3 is 6.18 Å². The second kappa shape index (κ2) is 6.81. The fourth-order valence-electron chi connectivity index (χ4n) is 2.24. The number of carbonyl (C=O) groups excluding carboxylic acids is 1. The molecular formula is C17H18F3NO. The largest absolute Gasteiger partial charge is 0.416 e. The Morgan fingerprint density at radius 2 is 1.95 bits per heavy atom. The molecule has 0 unspecified atom stereocenters. The lowest BCUT2D eigenvalue weighted by Crippen LogP contribution is -2.32. The molecule has 1 aromatic rings. The van der Waals surface area contributed by atoms with E-state index < -0.39 is 11.7 Å². The van der Waals surface area contributed by atoms with Crippen molar-refractivity contribution in [2.45, 2.75) is 38.5 Å². The van der Waals surface area contributed by atoms with E-state index in [1.165, 1.54) is 23.1 Å². The van der Waals surface area contributed by atoms with Gasteiger partial charge in [0, 0.05) is 18.7 Å². The van der Waals surface area contributed by atoms with E-state index in [1.54, 1.807) is 24.3 Å². The molecule has 1 aliphatic carbocycles. The Morgan fingerprint density at radius 1 is 1.27 bits per heavy atom. The molecule has 0 aromatic heterocycles. The molecule has 0 saturated heterocycles. The highest BCUT2D eigenvalue weighted by Crippen LogP contribution is 2.34. The number of alkyl halides is 3. The molecule has 1 amide bonds. The topological polar surface area (TPSA) is 20.3 Å². The average molecular weight is 309 g/mol. The highest BCUT2D eigenvalue weighted by Gasteiger charge is 2.36. The Hall–Kier alpha value is -2.04. The maximum atomic E-state index is 13.0. The van der Waals surface area contributed by atoms with Crippen LogP contribution in [0, 0.1) is 0 Å². The first-order chi connectivity index (χ1) is 10.4. The number of rotatable bonds is 5. The predicted octanol–water partition coefficient (Wildman–Crippen LogP) is 4.33. The fraction of sp³-hybridized carbons (Fsp3) is 0.353. The fourth-order valence-corrected chi connectivity index (χ4v) is 2.24.